The maximum Gasteiger partial charge on any atom is 0.0497 e. The monoisotopic (exact) mass is 198 g/mol. The summed E-state index contributed by atoms with van der Waals surface area (Å²) in [7, 11) is 0. The first-order chi connectivity index (χ1) is 6.19. The van der Waals surface area contributed by atoms with Crippen LogP contribution in [0.15, 0.2) is 18.2 Å². The van der Waals surface area contributed by atoms with Crippen molar-refractivity contribution in [2.24, 2.45) is 0 Å². The van der Waals surface area contributed by atoms with Gasteiger partial charge in [-0.1, -0.05) is 37.6 Å². The highest BCUT2D eigenvalue weighted by Gasteiger charge is 2.08. The van der Waals surface area contributed by atoms with Gasteiger partial charge < -0.3 is 5.11 Å². The van der Waals surface area contributed by atoms with Gasteiger partial charge in [0.2, 0.25) is 0 Å². The van der Waals surface area contributed by atoms with Gasteiger partial charge in [-0.2, -0.15) is 0 Å². The van der Waals surface area contributed by atoms with Crippen LogP contribution in [0.2, 0.25) is 5.02 Å². The van der Waals surface area contributed by atoms with Gasteiger partial charge >= 0.3 is 0 Å². The lowest BCUT2D eigenvalue weighted by molar-refractivity contribution is 0.273. The van der Waals surface area contributed by atoms with Gasteiger partial charge in [0.05, 0.1) is 0 Å². The molecule has 0 amide bonds. The number of hydrogen-bond donors (Lipinski definition) is 1. The van der Waals surface area contributed by atoms with E-state index in [0.29, 0.717) is 0 Å². The molecule has 1 rings (SSSR count). The smallest absolute Gasteiger partial charge is 0.0497 e. The normalized spacial score (nSPS) is 12.9. The van der Waals surface area contributed by atoms with E-state index < -0.39 is 0 Å². The molecule has 0 aromatic heterocycles. The minimum Gasteiger partial charge on any atom is -0.396 e. The number of halogens is 1. The molecule has 2 heteroatoms. The van der Waals surface area contributed by atoms with E-state index in [-0.39, 0.29) is 12.5 Å². The molecule has 1 unspecified atom stereocenters. The van der Waals surface area contributed by atoms with Crippen molar-refractivity contribution >= 4 is 11.6 Å². The Labute approximate surface area is 84.4 Å². The van der Waals surface area contributed by atoms with E-state index in [4.69, 9.17) is 16.7 Å². The van der Waals surface area contributed by atoms with Crippen LogP contribution in [0.4, 0.5) is 0 Å². The number of aliphatic hydroxyl groups is 1. The summed E-state index contributed by atoms with van der Waals surface area (Å²) < 4.78 is 0. The third kappa shape index (κ3) is 2.45. The highest BCUT2D eigenvalue weighted by atomic mass is 35.5. The molecule has 0 aliphatic heterocycles. The Morgan fingerprint density at radius 3 is 2.69 bits per heavy atom. The summed E-state index contributed by atoms with van der Waals surface area (Å²) in [5, 5.41) is 9.77. The van der Waals surface area contributed by atoms with Crippen LogP contribution in [0.3, 0.4) is 0 Å². The van der Waals surface area contributed by atoms with E-state index in [1.807, 2.05) is 19.1 Å². The molecule has 1 nitrogen and oxygen atoms in total. The van der Waals surface area contributed by atoms with E-state index in [0.717, 1.165) is 17.0 Å². The molecule has 1 aromatic carbocycles. The number of rotatable bonds is 3. The van der Waals surface area contributed by atoms with Crippen LogP contribution in [0.25, 0.3) is 0 Å². The topological polar surface area (TPSA) is 20.2 Å². The Hall–Kier alpha value is -0.530. The van der Waals surface area contributed by atoms with Crippen molar-refractivity contribution in [2.45, 2.75) is 26.2 Å². The quantitative estimate of drug-likeness (QED) is 0.792. The molecular formula is C11H15ClO. The van der Waals surface area contributed by atoms with Crippen molar-refractivity contribution in [3.8, 4) is 0 Å². The predicted molar refractivity (Wildman–Crippen MR) is 56.3 cm³/mol. The van der Waals surface area contributed by atoms with Gasteiger partial charge in [-0.3, -0.25) is 0 Å². The highest BCUT2D eigenvalue weighted by molar-refractivity contribution is 6.31. The molecule has 0 bridgehead atoms. The Morgan fingerprint density at radius 1 is 1.46 bits per heavy atom. The van der Waals surface area contributed by atoms with Crippen LogP contribution in [-0.4, -0.2) is 11.7 Å². The van der Waals surface area contributed by atoms with E-state index in [2.05, 4.69) is 13.0 Å². The van der Waals surface area contributed by atoms with Gasteiger partial charge in [0.1, 0.15) is 0 Å². The summed E-state index contributed by atoms with van der Waals surface area (Å²) in [4.78, 5) is 0. The van der Waals surface area contributed by atoms with Crippen LogP contribution in [0, 0.1) is 0 Å². The summed E-state index contributed by atoms with van der Waals surface area (Å²) >= 11 is 6.02. The number of hydrogen-bond acceptors (Lipinski definition) is 1. The molecular weight excluding hydrogens is 184 g/mol. The van der Waals surface area contributed by atoms with Crippen LogP contribution in [0.1, 0.15) is 30.9 Å². The molecule has 0 aliphatic rings. The number of aryl methyl sites for hydroxylation is 1. The summed E-state index contributed by atoms with van der Waals surface area (Å²) in [6.45, 7) is 4.23. The minimum atomic E-state index is 0.124. The second-order valence-electron chi connectivity index (χ2n) is 3.29. The summed E-state index contributed by atoms with van der Waals surface area (Å²) in [6, 6.07) is 6.00. The fourth-order valence-corrected chi connectivity index (χ4v) is 1.59. The molecule has 0 radical (unpaired) electrons. The lowest BCUT2D eigenvalue weighted by atomic mass is 9.99. The van der Waals surface area contributed by atoms with Gasteiger partial charge in [0.25, 0.3) is 0 Å². The van der Waals surface area contributed by atoms with Crippen molar-refractivity contribution < 1.29 is 5.11 Å². The van der Waals surface area contributed by atoms with E-state index >= 15 is 0 Å². The van der Waals surface area contributed by atoms with E-state index in [1.165, 1.54) is 5.56 Å². The van der Waals surface area contributed by atoms with Crippen LogP contribution < -0.4 is 0 Å². The molecule has 1 aromatic rings. The fourth-order valence-electron chi connectivity index (χ4n) is 1.29. The first-order valence-electron chi connectivity index (χ1n) is 4.58. The largest absolute Gasteiger partial charge is 0.396 e. The molecule has 72 valence electrons. The molecule has 0 spiro atoms. The SMILES string of the molecule is CCc1ccc(Cl)c(C(C)CO)c1. The molecule has 1 N–H and O–H groups in total. The summed E-state index contributed by atoms with van der Waals surface area (Å²) in [5.74, 6) is 0.124. The molecule has 0 aliphatic carbocycles. The molecule has 0 saturated heterocycles. The highest BCUT2D eigenvalue weighted by Crippen LogP contribution is 2.25. The molecule has 0 heterocycles. The fraction of sp³-hybridized carbons (Fsp3) is 0.455. The summed E-state index contributed by atoms with van der Waals surface area (Å²) in [5.41, 5.74) is 2.31. The molecule has 0 fully saturated rings. The third-order valence-electron chi connectivity index (χ3n) is 2.27. The number of aliphatic hydroxyl groups excluding tert-OH is 1. The summed E-state index contributed by atoms with van der Waals surface area (Å²) in [6.07, 6.45) is 1.00. The zero-order valence-corrected chi connectivity index (χ0v) is 8.80. The van der Waals surface area contributed by atoms with Crippen molar-refractivity contribution in [3.63, 3.8) is 0 Å². The Morgan fingerprint density at radius 2 is 2.15 bits per heavy atom. The maximum atomic E-state index is 9.02. The average molecular weight is 199 g/mol. The first kappa shape index (κ1) is 10.6. The third-order valence-corrected chi connectivity index (χ3v) is 2.62. The van der Waals surface area contributed by atoms with Crippen molar-refractivity contribution in [1.29, 1.82) is 0 Å². The Bertz CT molecular complexity index is 283. The molecule has 13 heavy (non-hydrogen) atoms. The van der Waals surface area contributed by atoms with Crippen LogP contribution in [0.5, 0.6) is 0 Å². The van der Waals surface area contributed by atoms with Crippen molar-refractivity contribution in [3.05, 3.63) is 34.3 Å². The van der Waals surface area contributed by atoms with E-state index in [1.54, 1.807) is 0 Å². The van der Waals surface area contributed by atoms with Gasteiger partial charge in [-0.15, -0.1) is 0 Å². The Balaban J connectivity index is 3.03. The van der Waals surface area contributed by atoms with Crippen LogP contribution >= 0.6 is 11.6 Å². The standard InChI is InChI=1S/C11H15ClO/c1-3-9-4-5-11(12)10(6-9)8(2)7-13/h4-6,8,13H,3,7H2,1-2H3. The van der Waals surface area contributed by atoms with Crippen molar-refractivity contribution in [1.82, 2.24) is 0 Å². The predicted octanol–water partition coefficient (Wildman–Crippen LogP) is 3.00. The molecule has 0 saturated carbocycles. The van der Waals surface area contributed by atoms with Gasteiger partial charge in [-0.05, 0) is 23.6 Å². The average Bonchev–Trinajstić information content (AvgIpc) is 2.17. The second kappa shape index (κ2) is 4.64. The zero-order chi connectivity index (χ0) is 9.84. The first-order valence-corrected chi connectivity index (χ1v) is 4.96. The molecule has 1 atom stereocenters. The second-order valence-corrected chi connectivity index (χ2v) is 3.70. The van der Waals surface area contributed by atoms with Gasteiger partial charge in [-0.25, -0.2) is 0 Å². The lowest BCUT2D eigenvalue weighted by Gasteiger charge is -2.11. The lowest BCUT2D eigenvalue weighted by Crippen LogP contribution is -2.00. The zero-order valence-electron chi connectivity index (χ0n) is 8.05. The van der Waals surface area contributed by atoms with Crippen LogP contribution in [-0.2, 0) is 6.42 Å². The maximum absolute atomic E-state index is 9.02. The van der Waals surface area contributed by atoms with E-state index in [9.17, 15) is 0 Å². The minimum absolute atomic E-state index is 0.124. The number of benzene rings is 1. The van der Waals surface area contributed by atoms with Gasteiger partial charge in [0, 0.05) is 17.5 Å². The Kier molecular flexibility index (Phi) is 3.76. The van der Waals surface area contributed by atoms with Gasteiger partial charge in [0.15, 0.2) is 0 Å². The van der Waals surface area contributed by atoms with Crippen molar-refractivity contribution in [2.75, 3.05) is 6.61 Å².